The molecule has 2 N–H and O–H groups in total. The minimum absolute atomic E-state index is 0.0282. The highest BCUT2D eigenvalue weighted by Crippen LogP contribution is 2.20. The predicted molar refractivity (Wildman–Crippen MR) is 73.7 cm³/mol. The quantitative estimate of drug-likeness (QED) is 0.799. The van der Waals surface area contributed by atoms with Crippen LogP contribution in [0, 0.1) is 0 Å². The van der Waals surface area contributed by atoms with Gasteiger partial charge in [0.15, 0.2) is 0 Å². The first-order valence-electron chi connectivity index (χ1n) is 6.36. The molecule has 0 spiro atoms. The number of nitrogens with one attached hydrogen (secondary N) is 2. The third-order valence-corrected chi connectivity index (χ3v) is 3.34. The first-order valence-corrected chi connectivity index (χ1v) is 6.36. The van der Waals surface area contributed by atoms with Crippen LogP contribution in [-0.4, -0.2) is 35.6 Å². The summed E-state index contributed by atoms with van der Waals surface area (Å²) in [5.41, 5.74) is 0.676. The Bertz CT molecular complexity index is 416. The highest BCUT2D eigenvalue weighted by molar-refractivity contribution is 5.89. The van der Waals surface area contributed by atoms with Crippen LogP contribution in [-0.2, 0) is 0 Å². The molecule has 98 valence electrons. The highest BCUT2D eigenvalue weighted by Gasteiger charge is 2.35. The Labute approximate surface area is 108 Å². The summed E-state index contributed by atoms with van der Waals surface area (Å²) in [5.74, 6) is 0. The number of urea groups is 1. The standard InChI is InChI=1S/C14H21N3O/c1-11-9-17(14(2,3)10-15-11)13(18)16-12-7-5-4-6-8-12/h4-8,11,15H,9-10H2,1-3H3,(H,16,18). The van der Waals surface area contributed by atoms with Gasteiger partial charge in [0, 0.05) is 24.8 Å². The minimum atomic E-state index is -0.161. The van der Waals surface area contributed by atoms with Crippen molar-refractivity contribution in [1.29, 1.82) is 0 Å². The lowest BCUT2D eigenvalue weighted by atomic mass is 9.98. The second kappa shape index (κ2) is 4.98. The van der Waals surface area contributed by atoms with Crippen molar-refractivity contribution in [3.8, 4) is 0 Å². The molecule has 1 aliphatic rings. The number of nitrogens with zero attached hydrogens (tertiary/aromatic N) is 1. The second-order valence-electron chi connectivity index (χ2n) is 5.50. The van der Waals surface area contributed by atoms with Crippen molar-refractivity contribution in [2.24, 2.45) is 0 Å². The molecule has 2 amide bonds. The smallest absolute Gasteiger partial charge is 0.317 e. The molecule has 1 aromatic rings. The van der Waals surface area contributed by atoms with Gasteiger partial charge in [-0.1, -0.05) is 18.2 Å². The molecule has 0 aliphatic carbocycles. The van der Waals surface area contributed by atoms with E-state index in [4.69, 9.17) is 0 Å². The summed E-state index contributed by atoms with van der Waals surface area (Å²) in [5, 5.41) is 6.35. The number of piperazine rings is 1. The molecule has 1 saturated heterocycles. The normalized spacial score (nSPS) is 22.6. The summed E-state index contributed by atoms with van der Waals surface area (Å²) in [6, 6.07) is 9.88. The van der Waals surface area contributed by atoms with Crippen LogP contribution in [0.2, 0.25) is 0 Å². The maximum atomic E-state index is 12.3. The fraction of sp³-hybridized carbons (Fsp3) is 0.500. The number of para-hydroxylation sites is 1. The first kappa shape index (κ1) is 12.9. The van der Waals surface area contributed by atoms with Gasteiger partial charge >= 0.3 is 6.03 Å². The third kappa shape index (κ3) is 2.82. The van der Waals surface area contributed by atoms with Crippen LogP contribution in [0.4, 0.5) is 10.5 Å². The Morgan fingerprint density at radius 3 is 2.72 bits per heavy atom. The lowest BCUT2D eigenvalue weighted by molar-refractivity contribution is 0.105. The van der Waals surface area contributed by atoms with Crippen LogP contribution in [0.25, 0.3) is 0 Å². The molecule has 1 fully saturated rings. The fourth-order valence-electron chi connectivity index (χ4n) is 2.18. The van der Waals surface area contributed by atoms with E-state index in [9.17, 15) is 4.79 Å². The van der Waals surface area contributed by atoms with Crippen molar-refractivity contribution in [1.82, 2.24) is 10.2 Å². The van der Waals surface area contributed by atoms with Crippen molar-refractivity contribution in [3.63, 3.8) is 0 Å². The first-order chi connectivity index (χ1) is 8.49. The summed E-state index contributed by atoms with van der Waals surface area (Å²) in [6.07, 6.45) is 0. The molecule has 0 aromatic heterocycles. The number of hydrogen-bond donors (Lipinski definition) is 2. The number of hydrogen-bond acceptors (Lipinski definition) is 2. The molecule has 2 rings (SSSR count). The van der Waals surface area contributed by atoms with E-state index < -0.39 is 0 Å². The van der Waals surface area contributed by atoms with E-state index in [0.717, 1.165) is 18.8 Å². The van der Waals surface area contributed by atoms with Crippen molar-refractivity contribution in [2.75, 3.05) is 18.4 Å². The average Bonchev–Trinajstić information content (AvgIpc) is 2.33. The molecule has 0 radical (unpaired) electrons. The van der Waals surface area contributed by atoms with Gasteiger partial charge < -0.3 is 15.5 Å². The van der Waals surface area contributed by atoms with Crippen molar-refractivity contribution < 1.29 is 4.79 Å². The maximum Gasteiger partial charge on any atom is 0.322 e. The van der Waals surface area contributed by atoms with E-state index in [1.54, 1.807) is 0 Å². The van der Waals surface area contributed by atoms with E-state index in [2.05, 4.69) is 31.4 Å². The number of carbonyl (C=O) groups excluding carboxylic acids is 1. The Hall–Kier alpha value is -1.55. The summed E-state index contributed by atoms with van der Waals surface area (Å²) >= 11 is 0. The molecule has 1 unspecified atom stereocenters. The molecular formula is C14H21N3O. The Kier molecular flexibility index (Phi) is 3.57. The highest BCUT2D eigenvalue weighted by atomic mass is 16.2. The number of benzene rings is 1. The van der Waals surface area contributed by atoms with Gasteiger partial charge in [0.25, 0.3) is 0 Å². The van der Waals surface area contributed by atoms with E-state index in [-0.39, 0.29) is 11.6 Å². The monoisotopic (exact) mass is 247 g/mol. The SMILES string of the molecule is CC1CN(C(=O)Nc2ccccc2)C(C)(C)CN1. The van der Waals surface area contributed by atoms with E-state index >= 15 is 0 Å². The molecule has 1 aliphatic heterocycles. The summed E-state index contributed by atoms with van der Waals surface area (Å²) in [4.78, 5) is 14.2. The topological polar surface area (TPSA) is 44.4 Å². The van der Waals surface area contributed by atoms with Crippen molar-refractivity contribution in [2.45, 2.75) is 32.4 Å². The molecule has 1 heterocycles. The number of rotatable bonds is 1. The van der Waals surface area contributed by atoms with E-state index in [0.29, 0.717) is 6.04 Å². The Balaban J connectivity index is 2.07. The van der Waals surface area contributed by atoms with Gasteiger partial charge in [0.2, 0.25) is 0 Å². The fourth-order valence-corrected chi connectivity index (χ4v) is 2.18. The Morgan fingerprint density at radius 2 is 2.06 bits per heavy atom. The van der Waals surface area contributed by atoms with Crippen molar-refractivity contribution in [3.05, 3.63) is 30.3 Å². The van der Waals surface area contributed by atoms with Gasteiger partial charge in [-0.25, -0.2) is 4.79 Å². The molecule has 1 atom stereocenters. The molecule has 4 heteroatoms. The zero-order valence-electron chi connectivity index (χ0n) is 11.2. The van der Waals surface area contributed by atoms with E-state index in [1.165, 1.54) is 0 Å². The number of amides is 2. The summed E-state index contributed by atoms with van der Waals surface area (Å²) in [6.45, 7) is 7.80. The molecule has 18 heavy (non-hydrogen) atoms. The zero-order chi connectivity index (χ0) is 13.2. The Morgan fingerprint density at radius 1 is 1.39 bits per heavy atom. The van der Waals surface area contributed by atoms with Gasteiger partial charge in [-0.15, -0.1) is 0 Å². The molecule has 4 nitrogen and oxygen atoms in total. The minimum Gasteiger partial charge on any atom is -0.317 e. The molecule has 0 saturated carbocycles. The third-order valence-electron chi connectivity index (χ3n) is 3.34. The molecule has 1 aromatic carbocycles. The summed E-state index contributed by atoms with van der Waals surface area (Å²) < 4.78 is 0. The zero-order valence-corrected chi connectivity index (χ0v) is 11.2. The van der Waals surface area contributed by atoms with Crippen molar-refractivity contribution >= 4 is 11.7 Å². The van der Waals surface area contributed by atoms with Crippen LogP contribution < -0.4 is 10.6 Å². The van der Waals surface area contributed by atoms with Crippen LogP contribution in [0.3, 0.4) is 0 Å². The van der Waals surface area contributed by atoms with Gasteiger partial charge in [-0.2, -0.15) is 0 Å². The van der Waals surface area contributed by atoms with Gasteiger partial charge in [0.1, 0.15) is 0 Å². The molecule has 0 bridgehead atoms. The van der Waals surface area contributed by atoms with Gasteiger partial charge in [-0.3, -0.25) is 0 Å². The van der Waals surface area contributed by atoms with Crippen LogP contribution in [0.15, 0.2) is 30.3 Å². The van der Waals surface area contributed by atoms with Gasteiger partial charge in [0.05, 0.1) is 5.54 Å². The van der Waals surface area contributed by atoms with Crippen LogP contribution in [0.1, 0.15) is 20.8 Å². The number of carbonyl (C=O) groups is 1. The lowest BCUT2D eigenvalue weighted by Gasteiger charge is -2.45. The van der Waals surface area contributed by atoms with Crippen LogP contribution in [0.5, 0.6) is 0 Å². The van der Waals surface area contributed by atoms with E-state index in [1.807, 2.05) is 35.2 Å². The van der Waals surface area contributed by atoms with Gasteiger partial charge in [-0.05, 0) is 32.9 Å². The molecular weight excluding hydrogens is 226 g/mol. The second-order valence-corrected chi connectivity index (χ2v) is 5.50. The average molecular weight is 247 g/mol. The predicted octanol–water partition coefficient (Wildman–Crippen LogP) is 2.29. The van der Waals surface area contributed by atoms with Crippen LogP contribution >= 0.6 is 0 Å². The summed E-state index contributed by atoms with van der Waals surface area (Å²) in [7, 11) is 0. The lowest BCUT2D eigenvalue weighted by Crippen LogP contribution is -2.63. The largest absolute Gasteiger partial charge is 0.322 e. The maximum absolute atomic E-state index is 12.3. The number of anilines is 1.